The Morgan fingerprint density at radius 2 is 1.86 bits per heavy atom. The summed E-state index contributed by atoms with van der Waals surface area (Å²) in [5, 5.41) is 12.9. The Morgan fingerprint density at radius 1 is 1.11 bits per heavy atom. The summed E-state index contributed by atoms with van der Waals surface area (Å²) < 4.78 is 12.7. The third-order valence-electron chi connectivity index (χ3n) is 4.51. The van der Waals surface area contributed by atoms with Crippen LogP contribution in [-0.2, 0) is 0 Å². The number of hydrogen-bond acceptors (Lipinski definition) is 6. The third kappa shape index (κ3) is 2.84. The minimum atomic E-state index is 0.448. The molecule has 0 saturated heterocycles. The Hall–Kier alpha value is -3.50. The van der Waals surface area contributed by atoms with E-state index in [-0.39, 0.29) is 0 Å². The smallest absolute Gasteiger partial charge is 0.163 e. The Kier molecular flexibility index (Phi) is 4.41. The van der Waals surface area contributed by atoms with Gasteiger partial charge in [0.05, 0.1) is 60.1 Å². The number of nitriles is 1. The maximum absolute atomic E-state index is 9.12. The molecule has 0 bridgehead atoms. The van der Waals surface area contributed by atoms with Crippen molar-refractivity contribution in [3.63, 3.8) is 0 Å². The molecule has 0 aliphatic heterocycles. The Bertz CT molecular complexity index is 1240. The molecular weight excluding hydrogens is 378 g/mol. The number of ether oxygens (including phenoxy) is 2. The van der Waals surface area contributed by atoms with Crippen LogP contribution >= 0.6 is 11.6 Å². The highest BCUT2D eigenvalue weighted by atomic mass is 35.5. The number of fused-ring (bicyclic) bond motifs is 3. The zero-order valence-corrected chi connectivity index (χ0v) is 16.2. The molecule has 7 nitrogen and oxygen atoms in total. The molecule has 8 heteroatoms. The lowest BCUT2D eigenvalue weighted by atomic mass is 10.1. The van der Waals surface area contributed by atoms with E-state index in [1.807, 2.05) is 23.5 Å². The van der Waals surface area contributed by atoms with Crippen LogP contribution in [0.5, 0.6) is 11.5 Å². The fourth-order valence-corrected chi connectivity index (χ4v) is 3.47. The lowest BCUT2D eigenvalue weighted by molar-refractivity contribution is 0.355. The molecule has 0 fully saturated rings. The number of anilines is 2. The van der Waals surface area contributed by atoms with Crippen molar-refractivity contribution in [3.8, 4) is 17.6 Å². The third-order valence-corrected chi connectivity index (χ3v) is 4.81. The molecule has 0 atom stereocenters. The average molecular weight is 394 g/mol. The number of aromatic nitrogens is 3. The van der Waals surface area contributed by atoms with E-state index in [1.54, 1.807) is 38.9 Å². The molecule has 28 heavy (non-hydrogen) atoms. The Balaban J connectivity index is 1.92. The summed E-state index contributed by atoms with van der Waals surface area (Å²) in [6.45, 7) is 1.89. The van der Waals surface area contributed by atoms with Crippen molar-refractivity contribution in [1.82, 2.24) is 14.4 Å². The van der Waals surface area contributed by atoms with Crippen LogP contribution in [0.1, 0.15) is 11.1 Å². The van der Waals surface area contributed by atoms with E-state index in [0.29, 0.717) is 39.1 Å². The van der Waals surface area contributed by atoms with Gasteiger partial charge in [0.15, 0.2) is 17.3 Å². The number of methoxy groups -OCH3 is 2. The second kappa shape index (κ2) is 6.91. The van der Waals surface area contributed by atoms with Gasteiger partial charge in [-0.25, -0.2) is 9.97 Å². The molecule has 140 valence electrons. The van der Waals surface area contributed by atoms with Crippen LogP contribution in [-0.4, -0.2) is 28.6 Å². The van der Waals surface area contributed by atoms with Gasteiger partial charge in [-0.1, -0.05) is 11.6 Å². The Labute approximate surface area is 166 Å². The van der Waals surface area contributed by atoms with Crippen LogP contribution in [0, 0.1) is 18.3 Å². The maximum atomic E-state index is 9.12. The minimum absolute atomic E-state index is 0.448. The monoisotopic (exact) mass is 393 g/mol. The molecule has 2 aromatic carbocycles. The van der Waals surface area contributed by atoms with E-state index in [0.717, 1.165) is 16.6 Å². The highest BCUT2D eigenvalue weighted by molar-refractivity contribution is 6.33. The molecule has 0 aliphatic rings. The van der Waals surface area contributed by atoms with Gasteiger partial charge in [0.25, 0.3) is 0 Å². The van der Waals surface area contributed by atoms with Crippen LogP contribution in [0.15, 0.2) is 36.8 Å². The second-order valence-corrected chi connectivity index (χ2v) is 6.60. The van der Waals surface area contributed by atoms with Gasteiger partial charge in [0.2, 0.25) is 0 Å². The van der Waals surface area contributed by atoms with Gasteiger partial charge < -0.3 is 14.8 Å². The zero-order chi connectivity index (χ0) is 19.8. The van der Waals surface area contributed by atoms with E-state index < -0.39 is 0 Å². The van der Waals surface area contributed by atoms with Gasteiger partial charge >= 0.3 is 0 Å². The molecule has 0 saturated carbocycles. The number of imidazole rings is 1. The molecule has 2 aromatic heterocycles. The molecule has 0 amide bonds. The zero-order valence-electron chi connectivity index (χ0n) is 15.4. The summed E-state index contributed by atoms with van der Waals surface area (Å²) in [6.07, 6.45) is 3.43. The fourth-order valence-electron chi connectivity index (χ4n) is 3.16. The van der Waals surface area contributed by atoms with Crippen molar-refractivity contribution < 1.29 is 9.47 Å². The molecule has 0 radical (unpaired) electrons. The van der Waals surface area contributed by atoms with Gasteiger partial charge in [-0.05, 0) is 24.6 Å². The molecule has 1 N–H and O–H groups in total. The van der Waals surface area contributed by atoms with Gasteiger partial charge in [-0.3, -0.25) is 4.40 Å². The van der Waals surface area contributed by atoms with Crippen LogP contribution < -0.4 is 14.8 Å². The summed E-state index contributed by atoms with van der Waals surface area (Å²) >= 11 is 6.39. The van der Waals surface area contributed by atoms with Crippen LogP contribution in [0.4, 0.5) is 11.5 Å². The number of aryl methyl sites for hydroxylation is 1. The van der Waals surface area contributed by atoms with Gasteiger partial charge in [-0.2, -0.15) is 5.26 Å². The maximum Gasteiger partial charge on any atom is 0.163 e. The summed E-state index contributed by atoms with van der Waals surface area (Å²) in [6, 6.07) is 9.18. The van der Waals surface area contributed by atoms with Crippen molar-refractivity contribution in [3.05, 3.63) is 52.9 Å². The van der Waals surface area contributed by atoms with Crippen molar-refractivity contribution in [2.45, 2.75) is 6.92 Å². The highest BCUT2D eigenvalue weighted by Gasteiger charge is 2.15. The van der Waals surface area contributed by atoms with Crippen LogP contribution in [0.2, 0.25) is 5.02 Å². The van der Waals surface area contributed by atoms with Crippen molar-refractivity contribution in [1.29, 1.82) is 5.26 Å². The largest absolute Gasteiger partial charge is 0.493 e. The van der Waals surface area contributed by atoms with E-state index >= 15 is 0 Å². The number of halogens is 1. The van der Waals surface area contributed by atoms with Gasteiger partial charge in [0.1, 0.15) is 5.52 Å². The fraction of sp³-hybridized carbons (Fsp3) is 0.150. The first-order valence-electron chi connectivity index (χ1n) is 8.40. The quantitative estimate of drug-likeness (QED) is 0.550. The number of nitrogens with zero attached hydrogens (tertiary/aromatic N) is 4. The lowest BCUT2D eigenvalue weighted by Gasteiger charge is -2.15. The van der Waals surface area contributed by atoms with Crippen molar-refractivity contribution >= 4 is 39.7 Å². The molecule has 0 unspecified atom stereocenters. The first-order chi connectivity index (χ1) is 13.5. The summed E-state index contributed by atoms with van der Waals surface area (Å²) in [7, 11) is 3.17. The number of nitrogens with one attached hydrogen (secondary N) is 1. The molecule has 0 spiro atoms. The normalized spacial score (nSPS) is 10.8. The average Bonchev–Trinajstić information content (AvgIpc) is 3.19. The van der Waals surface area contributed by atoms with Gasteiger partial charge in [-0.15, -0.1) is 0 Å². The topological polar surface area (TPSA) is 84.5 Å². The first-order valence-corrected chi connectivity index (χ1v) is 8.78. The Morgan fingerprint density at radius 3 is 2.54 bits per heavy atom. The number of hydrogen-bond donors (Lipinski definition) is 1. The lowest BCUT2D eigenvalue weighted by Crippen LogP contribution is -2.02. The van der Waals surface area contributed by atoms with E-state index in [1.165, 1.54) is 0 Å². The summed E-state index contributed by atoms with van der Waals surface area (Å²) in [5.41, 5.74) is 4.35. The minimum Gasteiger partial charge on any atom is -0.493 e. The van der Waals surface area contributed by atoms with Crippen molar-refractivity contribution in [2.24, 2.45) is 0 Å². The predicted molar refractivity (Wildman–Crippen MR) is 108 cm³/mol. The predicted octanol–water partition coefficient (Wildman–Crippen LogP) is 4.48. The van der Waals surface area contributed by atoms with E-state index in [4.69, 9.17) is 31.3 Å². The van der Waals surface area contributed by atoms with E-state index in [2.05, 4.69) is 16.4 Å². The second-order valence-electron chi connectivity index (χ2n) is 6.19. The van der Waals surface area contributed by atoms with Gasteiger partial charge in [0, 0.05) is 12.1 Å². The number of benzene rings is 2. The molecular formula is C20H16ClN5O2. The number of rotatable bonds is 4. The highest BCUT2D eigenvalue weighted by Crippen LogP contribution is 2.35. The molecule has 2 heterocycles. The van der Waals surface area contributed by atoms with Crippen molar-refractivity contribution in [2.75, 3.05) is 19.5 Å². The van der Waals surface area contributed by atoms with Crippen LogP contribution in [0.25, 0.3) is 16.6 Å². The molecule has 4 aromatic rings. The molecule has 0 aliphatic carbocycles. The summed E-state index contributed by atoms with van der Waals surface area (Å²) in [5.74, 6) is 1.78. The van der Waals surface area contributed by atoms with Crippen LogP contribution in [0.3, 0.4) is 0 Å². The first kappa shape index (κ1) is 17.9. The van der Waals surface area contributed by atoms with E-state index in [9.17, 15) is 0 Å². The SMILES string of the molecule is COc1cc2nc(Nc3c(C)cc(C#N)cc3Cl)c3cncn3c2cc1OC. The standard InChI is InChI=1S/C20H16ClN5O2/c1-11-4-12(8-22)5-13(21)19(11)25-20-16-9-23-10-26(16)15-7-18(28-3)17(27-2)6-14(15)24-20/h4-7,9-10H,1-3H3,(H,24,25). The summed E-state index contributed by atoms with van der Waals surface area (Å²) in [4.78, 5) is 9.01. The molecule has 4 rings (SSSR count).